The number of hydrogen-bond donors (Lipinski definition) is 1. The Kier molecular flexibility index (Phi) is 4.96. The number of benzene rings is 1. The minimum absolute atomic E-state index is 0.0572. The van der Waals surface area contributed by atoms with Crippen LogP contribution in [0.25, 0.3) is 0 Å². The standard InChI is InChI=1S/C16H24N2O3/c1-4-16(3)11-14(8-9-21-16)17-12(2)13-6-5-7-15(10-13)18(19)20/h5-7,10,12,14,17H,4,8-9,11H2,1-3H3. The smallest absolute Gasteiger partial charge is 0.269 e. The molecule has 1 fully saturated rings. The maximum absolute atomic E-state index is 10.9. The predicted molar refractivity (Wildman–Crippen MR) is 82.3 cm³/mol. The second-order valence-electron chi connectivity index (χ2n) is 6.08. The quantitative estimate of drug-likeness (QED) is 0.665. The van der Waals surface area contributed by atoms with Crippen LogP contribution in [0.3, 0.4) is 0 Å². The molecular formula is C16H24N2O3. The topological polar surface area (TPSA) is 64.4 Å². The van der Waals surface area contributed by atoms with Crippen molar-refractivity contribution < 1.29 is 9.66 Å². The molecule has 1 aromatic carbocycles. The average molecular weight is 292 g/mol. The summed E-state index contributed by atoms with van der Waals surface area (Å²) in [6.45, 7) is 7.12. The van der Waals surface area contributed by atoms with Crippen LogP contribution >= 0.6 is 0 Å². The molecule has 0 spiro atoms. The maximum atomic E-state index is 10.9. The van der Waals surface area contributed by atoms with Gasteiger partial charge in [0, 0.05) is 30.8 Å². The Morgan fingerprint density at radius 2 is 2.33 bits per heavy atom. The summed E-state index contributed by atoms with van der Waals surface area (Å²) in [6.07, 6.45) is 2.95. The fourth-order valence-electron chi connectivity index (χ4n) is 2.88. The summed E-state index contributed by atoms with van der Waals surface area (Å²) in [4.78, 5) is 10.5. The highest BCUT2D eigenvalue weighted by Crippen LogP contribution is 2.29. The van der Waals surface area contributed by atoms with Crippen LogP contribution in [0.1, 0.15) is 51.6 Å². The van der Waals surface area contributed by atoms with Gasteiger partial charge < -0.3 is 10.1 Å². The highest BCUT2D eigenvalue weighted by molar-refractivity contribution is 5.35. The maximum Gasteiger partial charge on any atom is 0.269 e. The van der Waals surface area contributed by atoms with Crippen LogP contribution in [0.4, 0.5) is 5.69 Å². The van der Waals surface area contributed by atoms with Crippen LogP contribution in [-0.4, -0.2) is 23.2 Å². The molecule has 0 aromatic heterocycles. The molecule has 0 bridgehead atoms. The normalized spacial score (nSPS) is 27.3. The number of non-ortho nitro benzene ring substituents is 1. The van der Waals surface area contributed by atoms with Gasteiger partial charge in [0.15, 0.2) is 0 Å². The predicted octanol–water partition coefficient (Wildman–Crippen LogP) is 3.59. The van der Waals surface area contributed by atoms with E-state index < -0.39 is 0 Å². The van der Waals surface area contributed by atoms with E-state index in [2.05, 4.69) is 26.1 Å². The Labute approximate surface area is 125 Å². The molecular weight excluding hydrogens is 268 g/mol. The van der Waals surface area contributed by atoms with Crippen molar-refractivity contribution >= 4 is 5.69 Å². The van der Waals surface area contributed by atoms with Crippen molar-refractivity contribution in [1.82, 2.24) is 5.32 Å². The summed E-state index contributed by atoms with van der Waals surface area (Å²) < 4.78 is 5.85. The molecule has 5 nitrogen and oxygen atoms in total. The number of nitro groups is 1. The summed E-state index contributed by atoms with van der Waals surface area (Å²) in [5.41, 5.74) is 1.04. The molecule has 1 aliphatic heterocycles. The zero-order chi connectivity index (χ0) is 15.5. The van der Waals surface area contributed by atoms with Gasteiger partial charge in [-0.2, -0.15) is 0 Å². The average Bonchev–Trinajstić information content (AvgIpc) is 2.47. The van der Waals surface area contributed by atoms with Gasteiger partial charge in [-0.05, 0) is 38.7 Å². The monoisotopic (exact) mass is 292 g/mol. The number of nitrogens with one attached hydrogen (secondary N) is 1. The lowest BCUT2D eigenvalue weighted by Crippen LogP contribution is -2.45. The Morgan fingerprint density at radius 1 is 1.57 bits per heavy atom. The van der Waals surface area contributed by atoms with E-state index in [-0.39, 0.29) is 22.3 Å². The molecule has 3 atom stereocenters. The molecule has 1 N–H and O–H groups in total. The van der Waals surface area contributed by atoms with E-state index in [4.69, 9.17) is 4.74 Å². The Bertz CT molecular complexity index is 506. The highest BCUT2D eigenvalue weighted by atomic mass is 16.6. The van der Waals surface area contributed by atoms with Crippen molar-refractivity contribution in [1.29, 1.82) is 0 Å². The summed E-state index contributed by atoms with van der Waals surface area (Å²) in [6, 6.07) is 7.33. The van der Waals surface area contributed by atoms with Crippen molar-refractivity contribution in [2.45, 2.75) is 57.7 Å². The minimum atomic E-state index is -0.348. The van der Waals surface area contributed by atoms with Crippen LogP contribution in [-0.2, 0) is 4.74 Å². The van der Waals surface area contributed by atoms with E-state index in [1.807, 2.05) is 6.07 Å². The second kappa shape index (κ2) is 6.54. The zero-order valence-electron chi connectivity index (χ0n) is 13.0. The first-order valence-electron chi connectivity index (χ1n) is 7.58. The van der Waals surface area contributed by atoms with E-state index in [1.54, 1.807) is 12.1 Å². The van der Waals surface area contributed by atoms with Crippen molar-refractivity contribution in [3.05, 3.63) is 39.9 Å². The van der Waals surface area contributed by atoms with E-state index in [0.717, 1.165) is 31.4 Å². The van der Waals surface area contributed by atoms with E-state index in [1.165, 1.54) is 6.07 Å². The second-order valence-corrected chi connectivity index (χ2v) is 6.08. The van der Waals surface area contributed by atoms with Crippen molar-refractivity contribution in [2.75, 3.05) is 6.61 Å². The molecule has 0 saturated carbocycles. The first-order valence-corrected chi connectivity index (χ1v) is 7.58. The van der Waals surface area contributed by atoms with Gasteiger partial charge in [0.2, 0.25) is 0 Å². The summed E-state index contributed by atoms with van der Waals surface area (Å²) in [5.74, 6) is 0. The molecule has 0 aliphatic carbocycles. The number of rotatable bonds is 5. The number of nitrogens with zero attached hydrogens (tertiary/aromatic N) is 1. The number of nitro benzene ring substituents is 1. The molecule has 5 heteroatoms. The number of ether oxygens (including phenoxy) is 1. The van der Waals surface area contributed by atoms with Gasteiger partial charge in [-0.3, -0.25) is 10.1 Å². The summed E-state index contributed by atoms with van der Waals surface area (Å²) in [5, 5.41) is 14.4. The zero-order valence-corrected chi connectivity index (χ0v) is 13.0. The fourth-order valence-corrected chi connectivity index (χ4v) is 2.88. The van der Waals surface area contributed by atoms with Crippen molar-refractivity contribution in [2.24, 2.45) is 0 Å². The van der Waals surface area contributed by atoms with E-state index >= 15 is 0 Å². The van der Waals surface area contributed by atoms with E-state index in [9.17, 15) is 10.1 Å². The van der Waals surface area contributed by atoms with Gasteiger partial charge in [-0.15, -0.1) is 0 Å². The van der Waals surface area contributed by atoms with E-state index in [0.29, 0.717) is 6.04 Å². The van der Waals surface area contributed by atoms with Crippen molar-refractivity contribution in [3.8, 4) is 0 Å². The molecule has 2 rings (SSSR count). The Hall–Kier alpha value is -1.46. The van der Waals surface area contributed by atoms with Crippen LogP contribution in [0, 0.1) is 10.1 Å². The first-order chi connectivity index (χ1) is 9.93. The van der Waals surface area contributed by atoms with Gasteiger partial charge in [-0.25, -0.2) is 0 Å². The molecule has 1 saturated heterocycles. The molecule has 1 aliphatic rings. The summed E-state index contributed by atoms with van der Waals surface area (Å²) >= 11 is 0. The Morgan fingerprint density at radius 3 is 3.00 bits per heavy atom. The van der Waals surface area contributed by atoms with Crippen LogP contribution in [0.2, 0.25) is 0 Å². The van der Waals surface area contributed by atoms with Gasteiger partial charge in [0.05, 0.1) is 10.5 Å². The van der Waals surface area contributed by atoms with Gasteiger partial charge in [0.25, 0.3) is 5.69 Å². The van der Waals surface area contributed by atoms with Gasteiger partial charge in [-0.1, -0.05) is 19.1 Å². The highest BCUT2D eigenvalue weighted by Gasteiger charge is 2.32. The lowest BCUT2D eigenvalue weighted by molar-refractivity contribution is -0.384. The van der Waals surface area contributed by atoms with Gasteiger partial charge in [0.1, 0.15) is 0 Å². The van der Waals surface area contributed by atoms with Crippen LogP contribution in [0.15, 0.2) is 24.3 Å². The molecule has 21 heavy (non-hydrogen) atoms. The Balaban J connectivity index is 2.02. The molecule has 1 aromatic rings. The summed E-state index contributed by atoms with van der Waals surface area (Å²) in [7, 11) is 0. The van der Waals surface area contributed by atoms with Crippen LogP contribution < -0.4 is 5.32 Å². The molecule has 0 amide bonds. The first kappa shape index (κ1) is 15.9. The van der Waals surface area contributed by atoms with Crippen LogP contribution in [0.5, 0.6) is 0 Å². The lowest BCUT2D eigenvalue weighted by Gasteiger charge is -2.39. The van der Waals surface area contributed by atoms with Gasteiger partial charge >= 0.3 is 0 Å². The minimum Gasteiger partial charge on any atom is -0.375 e. The third-order valence-electron chi connectivity index (χ3n) is 4.41. The number of hydrogen-bond acceptors (Lipinski definition) is 4. The SMILES string of the molecule is CCC1(C)CC(NC(C)c2cccc([N+](=O)[O-])c2)CCO1. The lowest BCUT2D eigenvalue weighted by atomic mass is 9.89. The molecule has 1 heterocycles. The third kappa shape index (κ3) is 4.02. The van der Waals surface area contributed by atoms with Crippen molar-refractivity contribution in [3.63, 3.8) is 0 Å². The molecule has 3 unspecified atom stereocenters. The molecule has 116 valence electrons. The third-order valence-corrected chi connectivity index (χ3v) is 4.41. The fraction of sp³-hybridized carbons (Fsp3) is 0.625. The largest absolute Gasteiger partial charge is 0.375 e. The molecule has 0 radical (unpaired) electrons.